The maximum absolute atomic E-state index is 3.51. The van der Waals surface area contributed by atoms with E-state index in [2.05, 4.69) is 41.6 Å². The fourth-order valence-corrected chi connectivity index (χ4v) is 3.09. The van der Waals surface area contributed by atoms with Crippen LogP contribution in [0.2, 0.25) is 0 Å². The van der Waals surface area contributed by atoms with Crippen LogP contribution in [-0.2, 0) is 6.42 Å². The van der Waals surface area contributed by atoms with Crippen molar-refractivity contribution in [1.82, 2.24) is 10.3 Å². The van der Waals surface area contributed by atoms with Gasteiger partial charge in [-0.15, -0.1) is 0 Å². The van der Waals surface area contributed by atoms with E-state index < -0.39 is 0 Å². The standard InChI is InChI=1S/C16H22N2/c1-2-4-12-6-7-16-14(9-12)15(11-18-16)13-5-3-8-17-10-13/h6-7,9,11,13,17-18H,2-5,8,10H2,1H3. The Hall–Kier alpha value is -1.28. The van der Waals surface area contributed by atoms with Crippen LogP contribution in [0.4, 0.5) is 0 Å². The van der Waals surface area contributed by atoms with Gasteiger partial charge in [-0.25, -0.2) is 0 Å². The number of hydrogen-bond donors (Lipinski definition) is 2. The lowest BCUT2D eigenvalue weighted by atomic mass is 9.91. The topological polar surface area (TPSA) is 27.8 Å². The van der Waals surface area contributed by atoms with E-state index in [4.69, 9.17) is 0 Å². The highest BCUT2D eigenvalue weighted by Gasteiger charge is 2.18. The number of hydrogen-bond acceptors (Lipinski definition) is 1. The van der Waals surface area contributed by atoms with Crippen molar-refractivity contribution >= 4 is 10.9 Å². The molecule has 1 aromatic heterocycles. The van der Waals surface area contributed by atoms with Crippen LogP contribution in [-0.4, -0.2) is 18.1 Å². The van der Waals surface area contributed by atoms with E-state index in [9.17, 15) is 0 Å². The zero-order valence-corrected chi connectivity index (χ0v) is 11.1. The Morgan fingerprint density at radius 3 is 3.06 bits per heavy atom. The highest BCUT2D eigenvalue weighted by atomic mass is 14.9. The molecule has 1 fully saturated rings. The highest BCUT2D eigenvalue weighted by Crippen LogP contribution is 2.30. The zero-order valence-electron chi connectivity index (χ0n) is 11.1. The lowest BCUT2D eigenvalue weighted by molar-refractivity contribution is 0.463. The maximum Gasteiger partial charge on any atom is 0.0457 e. The van der Waals surface area contributed by atoms with Crippen LogP contribution in [0, 0.1) is 0 Å². The molecule has 1 aliphatic rings. The molecule has 0 amide bonds. The van der Waals surface area contributed by atoms with Crippen LogP contribution in [0.25, 0.3) is 10.9 Å². The molecule has 2 heteroatoms. The van der Waals surface area contributed by atoms with Crippen molar-refractivity contribution in [3.63, 3.8) is 0 Å². The van der Waals surface area contributed by atoms with Crippen LogP contribution in [0.15, 0.2) is 24.4 Å². The lowest BCUT2D eigenvalue weighted by Crippen LogP contribution is -2.28. The summed E-state index contributed by atoms with van der Waals surface area (Å²) in [5.41, 5.74) is 4.26. The van der Waals surface area contributed by atoms with Crippen LogP contribution in [0.5, 0.6) is 0 Å². The molecule has 0 saturated carbocycles. The average molecular weight is 242 g/mol. The Morgan fingerprint density at radius 1 is 1.33 bits per heavy atom. The van der Waals surface area contributed by atoms with Crippen molar-refractivity contribution in [3.8, 4) is 0 Å². The van der Waals surface area contributed by atoms with E-state index in [0.717, 1.165) is 6.54 Å². The molecule has 1 aliphatic heterocycles. The van der Waals surface area contributed by atoms with Crippen LogP contribution in [0.3, 0.4) is 0 Å². The third kappa shape index (κ3) is 2.17. The van der Waals surface area contributed by atoms with Gasteiger partial charge in [0.1, 0.15) is 0 Å². The van der Waals surface area contributed by atoms with Crippen molar-refractivity contribution in [2.45, 2.75) is 38.5 Å². The second-order valence-electron chi connectivity index (χ2n) is 5.42. The van der Waals surface area contributed by atoms with Crippen LogP contribution in [0.1, 0.15) is 43.2 Å². The summed E-state index contributed by atoms with van der Waals surface area (Å²) in [6.07, 6.45) is 7.24. The molecular weight excluding hydrogens is 220 g/mol. The van der Waals surface area contributed by atoms with Crippen LogP contribution < -0.4 is 5.32 Å². The van der Waals surface area contributed by atoms with Gasteiger partial charge < -0.3 is 10.3 Å². The number of H-pyrrole nitrogens is 1. The van der Waals surface area contributed by atoms with Crippen molar-refractivity contribution in [3.05, 3.63) is 35.5 Å². The Labute approximate surface area is 109 Å². The fraction of sp³-hybridized carbons (Fsp3) is 0.500. The molecule has 0 bridgehead atoms. The number of aromatic amines is 1. The molecular formula is C16H22N2. The normalized spacial score (nSPS) is 20.4. The Morgan fingerprint density at radius 2 is 2.28 bits per heavy atom. The predicted octanol–water partition coefficient (Wildman–Crippen LogP) is 3.59. The molecule has 0 spiro atoms. The molecule has 2 nitrogen and oxygen atoms in total. The van der Waals surface area contributed by atoms with Gasteiger partial charge in [-0.3, -0.25) is 0 Å². The number of fused-ring (bicyclic) bond motifs is 1. The summed E-state index contributed by atoms with van der Waals surface area (Å²) < 4.78 is 0. The Kier molecular flexibility index (Phi) is 3.37. The first-order valence-electron chi connectivity index (χ1n) is 7.19. The lowest BCUT2D eigenvalue weighted by Gasteiger charge is -2.22. The first-order chi connectivity index (χ1) is 8.88. The summed E-state index contributed by atoms with van der Waals surface area (Å²) in [4.78, 5) is 3.43. The molecule has 3 rings (SSSR count). The quantitative estimate of drug-likeness (QED) is 0.846. The molecule has 2 aromatic rings. The van der Waals surface area contributed by atoms with Crippen molar-refractivity contribution in [2.24, 2.45) is 0 Å². The first kappa shape index (κ1) is 11.8. The zero-order chi connectivity index (χ0) is 12.4. The molecule has 2 N–H and O–H groups in total. The molecule has 1 atom stereocenters. The second kappa shape index (κ2) is 5.15. The smallest absolute Gasteiger partial charge is 0.0457 e. The minimum absolute atomic E-state index is 0.685. The molecule has 2 heterocycles. The number of rotatable bonds is 3. The van der Waals surface area contributed by atoms with Gasteiger partial charge in [0.2, 0.25) is 0 Å². The van der Waals surface area contributed by atoms with Gasteiger partial charge in [-0.1, -0.05) is 19.4 Å². The maximum atomic E-state index is 3.51. The van der Waals surface area contributed by atoms with Gasteiger partial charge in [0, 0.05) is 23.6 Å². The number of aromatic nitrogens is 1. The Balaban J connectivity index is 1.97. The third-order valence-corrected chi connectivity index (χ3v) is 4.05. The van der Waals surface area contributed by atoms with Crippen LogP contribution >= 0.6 is 0 Å². The fourth-order valence-electron chi connectivity index (χ4n) is 3.09. The first-order valence-corrected chi connectivity index (χ1v) is 7.19. The predicted molar refractivity (Wildman–Crippen MR) is 77.1 cm³/mol. The van der Waals surface area contributed by atoms with E-state index in [1.807, 2.05) is 0 Å². The molecule has 1 unspecified atom stereocenters. The molecule has 1 saturated heterocycles. The van der Waals surface area contributed by atoms with Gasteiger partial charge in [-0.05, 0) is 55.0 Å². The number of nitrogens with one attached hydrogen (secondary N) is 2. The molecule has 1 aromatic carbocycles. The molecule has 96 valence electrons. The van der Waals surface area contributed by atoms with E-state index in [1.165, 1.54) is 54.3 Å². The van der Waals surface area contributed by atoms with E-state index in [0.29, 0.717) is 5.92 Å². The van der Waals surface area contributed by atoms with E-state index in [-0.39, 0.29) is 0 Å². The summed E-state index contributed by atoms with van der Waals surface area (Å²) in [5.74, 6) is 0.685. The second-order valence-corrected chi connectivity index (χ2v) is 5.42. The summed E-state index contributed by atoms with van der Waals surface area (Å²) >= 11 is 0. The minimum Gasteiger partial charge on any atom is -0.361 e. The Bertz CT molecular complexity index is 521. The SMILES string of the molecule is CCCc1ccc2[nH]cc(C3CCCNC3)c2c1. The minimum atomic E-state index is 0.685. The highest BCUT2D eigenvalue weighted by molar-refractivity contribution is 5.84. The molecule has 18 heavy (non-hydrogen) atoms. The van der Waals surface area contributed by atoms with Gasteiger partial charge in [0.15, 0.2) is 0 Å². The van der Waals surface area contributed by atoms with Crippen molar-refractivity contribution in [1.29, 1.82) is 0 Å². The van der Waals surface area contributed by atoms with Gasteiger partial charge in [-0.2, -0.15) is 0 Å². The summed E-state index contributed by atoms with van der Waals surface area (Å²) in [5, 5.41) is 4.95. The van der Waals surface area contributed by atoms with Gasteiger partial charge in [0.05, 0.1) is 0 Å². The number of benzene rings is 1. The van der Waals surface area contributed by atoms with E-state index in [1.54, 1.807) is 0 Å². The third-order valence-electron chi connectivity index (χ3n) is 4.05. The van der Waals surface area contributed by atoms with Crippen molar-refractivity contribution < 1.29 is 0 Å². The monoisotopic (exact) mass is 242 g/mol. The molecule has 0 aliphatic carbocycles. The van der Waals surface area contributed by atoms with Crippen molar-refractivity contribution in [2.75, 3.05) is 13.1 Å². The summed E-state index contributed by atoms with van der Waals surface area (Å²) in [7, 11) is 0. The summed E-state index contributed by atoms with van der Waals surface area (Å²) in [6, 6.07) is 6.88. The molecule has 0 radical (unpaired) electrons. The summed E-state index contributed by atoms with van der Waals surface area (Å²) in [6.45, 7) is 4.55. The largest absolute Gasteiger partial charge is 0.361 e. The number of aryl methyl sites for hydroxylation is 1. The average Bonchev–Trinajstić information content (AvgIpc) is 2.83. The van der Waals surface area contributed by atoms with Gasteiger partial charge in [0.25, 0.3) is 0 Å². The number of piperidine rings is 1. The van der Waals surface area contributed by atoms with Gasteiger partial charge >= 0.3 is 0 Å². The van der Waals surface area contributed by atoms with E-state index >= 15 is 0 Å².